The summed E-state index contributed by atoms with van der Waals surface area (Å²) < 4.78 is 0. The van der Waals surface area contributed by atoms with Crippen molar-refractivity contribution in [3.63, 3.8) is 0 Å². The predicted molar refractivity (Wildman–Crippen MR) is 69.1 cm³/mol. The number of hydrogen-bond donors (Lipinski definition) is 1. The molecule has 1 atom stereocenters. The van der Waals surface area contributed by atoms with Crippen molar-refractivity contribution in [1.82, 2.24) is 4.90 Å². The third-order valence-electron chi connectivity index (χ3n) is 2.89. The smallest absolute Gasteiger partial charge is 0.000749 e. The molecule has 2 nitrogen and oxygen atoms in total. The molecule has 0 saturated carbocycles. The lowest BCUT2D eigenvalue weighted by Crippen LogP contribution is -2.31. The SMILES string of the molecule is CCCCN(CCCC)CC(C)CCN. The summed E-state index contributed by atoms with van der Waals surface area (Å²) in [6, 6.07) is 0. The van der Waals surface area contributed by atoms with Crippen LogP contribution < -0.4 is 5.73 Å². The minimum absolute atomic E-state index is 0.753. The standard InChI is InChI=1S/C13H30N2/c1-4-6-10-15(11-7-5-2)12-13(3)8-9-14/h13H,4-12,14H2,1-3H3. The molecule has 0 aliphatic carbocycles. The number of rotatable bonds is 10. The van der Waals surface area contributed by atoms with E-state index in [-0.39, 0.29) is 0 Å². The highest BCUT2D eigenvalue weighted by Gasteiger charge is 2.08. The van der Waals surface area contributed by atoms with Gasteiger partial charge in [-0.2, -0.15) is 0 Å². The van der Waals surface area contributed by atoms with Crippen LogP contribution in [0.4, 0.5) is 0 Å². The summed E-state index contributed by atoms with van der Waals surface area (Å²) in [4.78, 5) is 2.62. The number of nitrogens with zero attached hydrogens (tertiary/aromatic N) is 1. The molecule has 0 aromatic rings. The average molecular weight is 214 g/mol. The zero-order valence-electron chi connectivity index (χ0n) is 11.0. The molecule has 0 saturated heterocycles. The van der Waals surface area contributed by atoms with E-state index < -0.39 is 0 Å². The first-order valence-electron chi connectivity index (χ1n) is 6.66. The van der Waals surface area contributed by atoms with Gasteiger partial charge in [-0.15, -0.1) is 0 Å². The van der Waals surface area contributed by atoms with Gasteiger partial charge in [0.2, 0.25) is 0 Å². The lowest BCUT2D eigenvalue weighted by atomic mass is 10.1. The van der Waals surface area contributed by atoms with Gasteiger partial charge in [0.15, 0.2) is 0 Å². The van der Waals surface area contributed by atoms with Crippen molar-refractivity contribution in [3.05, 3.63) is 0 Å². The van der Waals surface area contributed by atoms with Crippen LogP contribution in [0.1, 0.15) is 52.9 Å². The van der Waals surface area contributed by atoms with Crippen LogP contribution in [0.25, 0.3) is 0 Å². The molecular weight excluding hydrogens is 184 g/mol. The first-order chi connectivity index (χ1) is 7.24. The van der Waals surface area contributed by atoms with Crippen LogP contribution in [0.15, 0.2) is 0 Å². The number of hydrogen-bond acceptors (Lipinski definition) is 2. The fourth-order valence-corrected chi connectivity index (χ4v) is 1.87. The van der Waals surface area contributed by atoms with Gasteiger partial charge in [0.05, 0.1) is 0 Å². The Balaban J connectivity index is 3.76. The van der Waals surface area contributed by atoms with Gasteiger partial charge in [-0.25, -0.2) is 0 Å². The van der Waals surface area contributed by atoms with Crippen LogP contribution in [0.3, 0.4) is 0 Å². The van der Waals surface area contributed by atoms with Gasteiger partial charge in [-0.1, -0.05) is 33.6 Å². The quantitative estimate of drug-likeness (QED) is 0.606. The van der Waals surface area contributed by atoms with Crippen molar-refractivity contribution < 1.29 is 0 Å². The molecule has 0 rings (SSSR count). The second-order valence-corrected chi connectivity index (χ2v) is 4.69. The fourth-order valence-electron chi connectivity index (χ4n) is 1.87. The van der Waals surface area contributed by atoms with Gasteiger partial charge in [-0.3, -0.25) is 0 Å². The molecule has 0 aliphatic rings. The zero-order chi connectivity index (χ0) is 11.5. The van der Waals surface area contributed by atoms with E-state index in [1.54, 1.807) is 0 Å². The van der Waals surface area contributed by atoms with Gasteiger partial charge < -0.3 is 10.6 Å². The monoisotopic (exact) mass is 214 g/mol. The average Bonchev–Trinajstić information content (AvgIpc) is 2.22. The first kappa shape index (κ1) is 14.9. The lowest BCUT2D eigenvalue weighted by Gasteiger charge is -2.25. The second-order valence-electron chi connectivity index (χ2n) is 4.69. The van der Waals surface area contributed by atoms with Gasteiger partial charge in [0.25, 0.3) is 0 Å². The van der Waals surface area contributed by atoms with E-state index in [2.05, 4.69) is 25.7 Å². The summed E-state index contributed by atoms with van der Waals surface area (Å²) in [5.41, 5.74) is 5.59. The Morgan fingerprint density at radius 1 is 1.07 bits per heavy atom. The molecule has 1 unspecified atom stereocenters. The predicted octanol–water partition coefficient (Wildman–Crippen LogP) is 2.87. The molecule has 92 valence electrons. The normalized spacial score (nSPS) is 13.4. The van der Waals surface area contributed by atoms with Crippen molar-refractivity contribution in [1.29, 1.82) is 0 Å². The largest absolute Gasteiger partial charge is 0.330 e. The van der Waals surface area contributed by atoms with Gasteiger partial charge in [0.1, 0.15) is 0 Å². The Kier molecular flexibility index (Phi) is 10.4. The third-order valence-corrected chi connectivity index (χ3v) is 2.89. The van der Waals surface area contributed by atoms with Crippen molar-refractivity contribution in [3.8, 4) is 0 Å². The molecule has 0 fully saturated rings. The highest BCUT2D eigenvalue weighted by Crippen LogP contribution is 2.07. The highest BCUT2D eigenvalue weighted by atomic mass is 15.1. The zero-order valence-corrected chi connectivity index (χ0v) is 11.0. The Bertz CT molecular complexity index is 118. The lowest BCUT2D eigenvalue weighted by molar-refractivity contribution is 0.227. The molecule has 0 heterocycles. The van der Waals surface area contributed by atoms with Crippen LogP contribution in [0, 0.1) is 5.92 Å². The maximum Gasteiger partial charge on any atom is 0.000749 e. The Morgan fingerprint density at radius 2 is 1.60 bits per heavy atom. The van der Waals surface area contributed by atoms with Crippen molar-refractivity contribution in [2.75, 3.05) is 26.2 Å². The van der Waals surface area contributed by atoms with Gasteiger partial charge in [0, 0.05) is 6.54 Å². The Hall–Kier alpha value is -0.0800. The summed E-state index contributed by atoms with van der Waals surface area (Å²) in [6.07, 6.45) is 6.43. The van der Waals surface area contributed by atoms with Crippen molar-refractivity contribution in [2.24, 2.45) is 11.7 Å². The molecule has 15 heavy (non-hydrogen) atoms. The summed E-state index contributed by atoms with van der Waals surface area (Å²) in [5.74, 6) is 0.753. The van der Waals surface area contributed by atoms with Crippen LogP contribution in [-0.4, -0.2) is 31.1 Å². The molecule has 0 spiro atoms. The minimum atomic E-state index is 0.753. The molecule has 0 radical (unpaired) electrons. The summed E-state index contributed by atoms with van der Waals surface area (Å²) in [7, 11) is 0. The van der Waals surface area contributed by atoms with E-state index in [9.17, 15) is 0 Å². The maximum absolute atomic E-state index is 5.59. The Morgan fingerprint density at radius 3 is 2.00 bits per heavy atom. The molecule has 0 aromatic carbocycles. The van der Waals surface area contributed by atoms with E-state index in [0.717, 1.165) is 18.9 Å². The summed E-state index contributed by atoms with van der Waals surface area (Å²) in [6.45, 7) is 11.4. The van der Waals surface area contributed by atoms with E-state index >= 15 is 0 Å². The highest BCUT2D eigenvalue weighted by molar-refractivity contribution is 4.63. The molecule has 2 heteroatoms. The molecule has 0 amide bonds. The number of nitrogens with two attached hydrogens (primary N) is 1. The molecular formula is C13H30N2. The van der Waals surface area contributed by atoms with Gasteiger partial charge >= 0.3 is 0 Å². The first-order valence-corrected chi connectivity index (χ1v) is 6.66. The van der Waals surface area contributed by atoms with E-state index in [0.29, 0.717) is 0 Å². The summed E-state index contributed by atoms with van der Waals surface area (Å²) in [5, 5.41) is 0. The van der Waals surface area contributed by atoms with E-state index in [1.807, 2.05) is 0 Å². The topological polar surface area (TPSA) is 29.3 Å². The van der Waals surface area contributed by atoms with Gasteiger partial charge in [-0.05, 0) is 44.8 Å². The van der Waals surface area contributed by atoms with E-state index in [4.69, 9.17) is 5.73 Å². The Labute approximate surface area is 96.2 Å². The van der Waals surface area contributed by atoms with Crippen LogP contribution in [0.5, 0.6) is 0 Å². The fraction of sp³-hybridized carbons (Fsp3) is 1.00. The second kappa shape index (κ2) is 10.4. The van der Waals surface area contributed by atoms with Crippen LogP contribution >= 0.6 is 0 Å². The van der Waals surface area contributed by atoms with E-state index in [1.165, 1.54) is 45.3 Å². The molecule has 0 aromatic heterocycles. The maximum atomic E-state index is 5.59. The molecule has 2 N–H and O–H groups in total. The summed E-state index contributed by atoms with van der Waals surface area (Å²) >= 11 is 0. The number of unbranched alkanes of at least 4 members (excludes halogenated alkanes) is 2. The molecule has 0 bridgehead atoms. The molecule has 0 aliphatic heterocycles. The third kappa shape index (κ3) is 8.88. The van der Waals surface area contributed by atoms with Crippen molar-refractivity contribution in [2.45, 2.75) is 52.9 Å². The minimum Gasteiger partial charge on any atom is -0.330 e. The van der Waals surface area contributed by atoms with Crippen LogP contribution in [-0.2, 0) is 0 Å². The van der Waals surface area contributed by atoms with Crippen molar-refractivity contribution >= 4 is 0 Å². The van der Waals surface area contributed by atoms with Crippen LogP contribution in [0.2, 0.25) is 0 Å².